The van der Waals surface area contributed by atoms with Gasteiger partial charge in [0.25, 0.3) is 11.8 Å². The molecule has 10 heteroatoms. The maximum atomic E-state index is 12.0. The molecule has 0 spiro atoms. The van der Waals surface area contributed by atoms with Gasteiger partial charge in [0.1, 0.15) is 5.75 Å². The van der Waals surface area contributed by atoms with Crippen LogP contribution >= 0.6 is 0 Å². The molecular weight excluding hydrogens is 368 g/mol. The first-order chi connectivity index (χ1) is 13.4. The molecule has 3 rings (SSSR count). The number of ether oxygens (including phenoxy) is 1. The van der Waals surface area contributed by atoms with Crippen molar-refractivity contribution in [2.75, 3.05) is 23.7 Å². The Hall–Kier alpha value is -3.82. The molecule has 0 saturated carbocycles. The standard InChI is InChI=1S/C18H18N4O6/c1-10-17(25)22-12-7-11(4-5-13(12)28-10)21-16(24)9-19-15(23)8-20-18(26)14-3-2-6-27-14/h2-7,10H,8-9H2,1H3,(H,19,23)(H,20,26)(H,21,24)(H,22,25)/t10-/m0/s1. The smallest absolute Gasteiger partial charge is 0.287 e. The van der Waals surface area contributed by atoms with Crippen molar-refractivity contribution in [2.24, 2.45) is 0 Å². The average molecular weight is 386 g/mol. The van der Waals surface area contributed by atoms with Crippen molar-refractivity contribution in [1.29, 1.82) is 0 Å². The summed E-state index contributed by atoms with van der Waals surface area (Å²) in [5.41, 5.74) is 0.883. The lowest BCUT2D eigenvalue weighted by Gasteiger charge is -2.23. The summed E-state index contributed by atoms with van der Waals surface area (Å²) in [6.45, 7) is 1.05. The third-order valence-electron chi connectivity index (χ3n) is 3.79. The molecule has 4 amide bonds. The summed E-state index contributed by atoms with van der Waals surface area (Å²) in [6.07, 6.45) is 0.759. The molecule has 0 aliphatic carbocycles. The Bertz CT molecular complexity index is 909. The number of rotatable bonds is 6. The SMILES string of the molecule is C[C@@H]1Oc2ccc(NC(=O)CNC(=O)CNC(=O)c3ccco3)cc2NC1=O. The van der Waals surface area contributed by atoms with E-state index in [1.807, 2.05) is 0 Å². The predicted octanol–water partition coefficient (Wildman–Crippen LogP) is 0.484. The lowest BCUT2D eigenvalue weighted by Crippen LogP contribution is -2.40. The maximum absolute atomic E-state index is 12.0. The van der Waals surface area contributed by atoms with Gasteiger partial charge in [-0.15, -0.1) is 0 Å². The molecule has 0 bridgehead atoms. The van der Waals surface area contributed by atoms with Gasteiger partial charge in [0.05, 0.1) is 25.0 Å². The fraction of sp³-hybridized carbons (Fsp3) is 0.222. The Balaban J connectivity index is 1.44. The molecule has 0 fully saturated rings. The number of carbonyl (C=O) groups is 4. The van der Waals surface area contributed by atoms with Crippen LogP contribution in [0.2, 0.25) is 0 Å². The van der Waals surface area contributed by atoms with Crippen molar-refractivity contribution in [3.63, 3.8) is 0 Å². The first-order valence-corrected chi connectivity index (χ1v) is 8.42. The van der Waals surface area contributed by atoms with Crippen molar-refractivity contribution in [2.45, 2.75) is 13.0 Å². The van der Waals surface area contributed by atoms with E-state index in [1.165, 1.54) is 12.3 Å². The third kappa shape index (κ3) is 4.67. The predicted molar refractivity (Wildman–Crippen MR) is 97.8 cm³/mol. The van der Waals surface area contributed by atoms with Crippen molar-refractivity contribution in [3.05, 3.63) is 42.4 Å². The van der Waals surface area contributed by atoms with Crippen molar-refractivity contribution < 1.29 is 28.3 Å². The second-order valence-corrected chi connectivity index (χ2v) is 5.95. The Labute approximate surface area is 159 Å². The summed E-state index contributed by atoms with van der Waals surface area (Å²) in [7, 11) is 0. The second-order valence-electron chi connectivity index (χ2n) is 5.95. The van der Waals surface area contributed by atoms with Crippen LogP contribution in [0.15, 0.2) is 41.0 Å². The van der Waals surface area contributed by atoms with E-state index in [1.54, 1.807) is 31.2 Å². The van der Waals surface area contributed by atoms with Crippen LogP contribution in [-0.4, -0.2) is 42.8 Å². The highest BCUT2D eigenvalue weighted by molar-refractivity contribution is 6.00. The van der Waals surface area contributed by atoms with E-state index in [0.717, 1.165) is 0 Å². The van der Waals surface area contributed by atoms with Gasteiger partial charge in [-0.3, -0.25) is 19.2 Å². The highest BCUT2D eigenvalue weighted by Crippen LogP contribution is 2.32. The minimum Gasteiger partial charge on any atom is -0.479 e. The number of anilines is 2. The van der Waals surface area contributed by atoms with Gasteiger partial charge in [0.2, 0.25) is 11.8 Å². The van der Waals surface area contributed by atoms with Gasteiger partial charge in [-0.1, -0.05) is 0 Å². The lowest BCUT2D eigenvalue weighted by atomic mass is 10.2. The molecule has 2 heterocycles. The molecular formula is C18H18N4O6. The van der Waals surface area contributed by atoms with Crippen LogP contribution < -0.4 is 26.0 Å². The number of carbonyl (C=O) groups excluding carboxylic acids is 4. The molecule has 2 aromatic rings. The largest absolute Gasteiger partial charge is 0.479 e. The molecule has 1 aromatic heterocycles. The molecule has 28 heavy (non-hydrogen) atoms. The van der Waals surface area contributed by atoms with E-state index < -0.39 is 23.8 Å². The summed E-state index contributed by atoms with van der Waals surface area (Å²) in [6, 6.07) is 7.82. The Morgan fingerprint density at radius 2 is 1.89 bits per heavy atom. The van der Waals surface area contributed by atoms with Gasteiger partial charge < -0.3 is 30.4 Å². The summed E-state index contributed by atoms with van der Waals surface area (Å²) in [4.78, 5) is 47.0. The Morgan fingerprint density at radius 3 is 2.64 bits per heavy atom. The summed E-state index contributed by atoms with van der Waals surface area (Å²) in [5.74, 6) is -1.22. The average Bonchev–Trinajstić information content (AvgIpc) is 3.20. The van der Waals surface area contributed by atoms with E-state index in [0.29, 0.717) is 17.1 Å². The van der Waals surface area contributed by atoms with Gasteiger partial charge in [0, 0.05) is 5.69 Å². The quantitative estimate of drug-likeness (QED) is 0.570. The minimum absolute atomic E-state index is 0.0865. The fourth-order valence-corrected chi connectivity index (χ4v) is 2.39. The van der Waals surface area contributed by atoms with E-state index in [4.69, 9.17) is 9.15 Å². The van der Waals surface area contributed by atoms with Crippen LogP contribution in [0.5, 0.6) is 5.75 Å². The molecule has 1 aliphatic rings. The normalized spacial score (nSPS) is 14.9. The van der Waals surface area contributed by atoms with Crippen molar-refractivity contribution in [1.82, 2.24) is 10.6 Å². The van der Waals surface area contributed by atoms with Crippen LogP contribution in [0.1, 0.15) is 17.5 Å². The molecule has 1 aromatic carbocycles. The number of nitrogens with one attached hydrogen (secondary N) is 4. The Kier molecular flexibility index (Phi) is 5.58. The molecule has 1 aliphatic heterocycles. The molecule has 4 N–H and O–H groups in total. The molecule has 146 valence electrons. The first kappa shape index (κ1) is 19.0. The summed E-state index contributed by atoms with van der Waals surface area (Å²) in [5, 5.41) is 10.0. The molecule has 1 atom stereocenters. The molecule has 0 saturated heterocycles. The van der Waals surface area contributed by atoms with Gasteiger partial charge >= 0.3 is 0 Å². The first-order valence-electron chi connectivity index (χ1n) is 8.42. The number of hydrogen-bond acceptors (Lipinski definition) is 6. The van der Waals surface area contributed by atoms with E-state index in [-0.39, 0.29) is 24.8 Å². The molecule has 0 unspecified atom stereocenters. The van der Waals surface area contributed by atoms with Gasteiger partial charge in [-0.05, 0) is 37.3 Å². The second kappa shape index (κ2) is 8.25. The van der Waals surface area contributed by atoms with Crippen molar-refractivity contribution >= 4 is 35.0 Å². The number of benzene rings is 1. The van der Waals surface area contributed by atoms with Crippen LogP contribution in [-0.2, 0) is 14.4 Å². The number of furan rings is 1. The summed E-state index contributed by atoms with van der Waals surface area (Å²) < 4.78 is 10.3. The van der Waals surface area contributed by atoms with Crippen LogP contribution in [0, 0.1) is 0 Å². The van der Waals surface area contributed by atoms with Gasteiger partial charge in [-0.2, -0.15) is 0 Å². The highest BCUT2D eigenvalue weighted by atomic mass is 16.5. The van der Waals surface area contributed by atoms with E-state index >= 15 is 0 Å². The Morgan fingerprint density at radius 1 is 1.11 bits per heavy atom. The maximum Gasteiger partial charge on any atom is 0.287 e. The topological polar surface area (TPSA) is 139 Å². The third-order valence-corrected chi connectivity index (χ3v) is 3.79. The fourth-order valence-electron chi connectivity index (χ4n) is 2.39. The molecule has 0 radical (unpaired) electrons. The van der Waals surface area contributed by atoms with Crippen LogP contribution in [0.3, 0.4) is 0 Å². The van der Waals surface area contributed by atoms with E-state index in [9.17, 15) is 19.2 Å². The zero-order valence-electron chi connectivity index (χ0n) is 14.9. The van der Waals surface area contributed by atoms with Crippen molar-refractivity contribution in [3.8, 4) is 5.75 Å². The number of amides is 4. The van der Waals surface area contributed by atoms with Crippen LogP contribution in [0.25, 0.3) is 0 Å². The minimum atomic E-state index is -0.587. The lowest BCUT2D eigenvalue weighted by molar-refractivity contribution is -0.123. The van der Waals surface area contributed by atoms with Gasteiger partial charge in [-0.25, -0.2) is 0 Å². The summed E-state index contributed by atoms with van der Waals surface area (Å²) >= 11 is 0. The number of hydrogen-bond donors (Lipinski definition) is 4. The molecule has 10 nitrogen and oxygen atoms in total. The monoisotopic (exact) mass is 386 g/mol. The zero-order chi connectivity index (χ0) is 20.1. The van der Waals surface area contributed by atoms with E-state index in [2.05, 4.69) is 21.3 Å². The van der Waals surface area contributed by atoms with Crippen LogP contribution in [0.4, 0.5) is 11.4 Å². The van der Waals surface area contributed by atoms with Gasteiger partial charge in [0.15, 0.2) is 11.9 Å². The number of fused-ring (bicyclic) bond motifs is 1. The zero-order valence-corrected chi connectivity index (χ0v) is 14.9. The highest BCUT2D eigenvalue weighted by Gasteiger charge is 2.23.